The number of rotatable bonds is 4. The van der Waals surface area contributed by atoms with Crippen molar-refractivity contribution in [1.82, 2.24) is 14.9 Å². The quantitative estimate of drug-likeness (QED) is 0.917. The van der Waals surface area contributed by atoms with E-state index < -0.39 is 0 Å². The molecule has 1 aliphatic rings. The highest BCUT2D eigenvalue weighted by Gasteiger charge is 2.21. The Labute approximate surface area is 132 Å². The van der Waals surface area contributed by atoms with E-state index in [1.807, 2.05) is 25.1 Å². The van der Waals surface area contributed by atoms with Gasteiger partial charge in [0.25, 0.3) is 0 Å². The number of furan rings is 1. The molecule has 1 aliphatic heterocycles. The zero-order valence-electron chi connectivity index (χ0n) is 12.1. The lowest BCUT2D eigenvalue weighted by atomic mass is 10.1. The van der Waals surface area contributed by atoms with E-state index in [4.69, 9.17) is 4.42 Å². The molecule has 0 amide bonds. The Morgan fingerprint density at radius 1 is 1.43 bits per heavy atom. The van der Waals surface area contributed by atoms with Gasteiger partial charge in [0.15, 0.2) is 4.67 Å². The van der Waals surface area contributed by atoms with Crippen LogP contribution in [-0.2, 0) is 6.54 Å². The number of aryl methyl sites for hydroxylation is 1. The molecule has 0 aliphatic carbocycles. The minimum Gasteiger partial charge on any atom is -0.453 e. The minimum atomic E-state index is 0.423. The molecule has 0 bridgehead atoms. The molecule has 1 unspecified atom stereocenters. The summed E-state index contributed by atoms with van der Waals surface area (Å²) in [5, 5.41) is 3.51. The molecule has 1 atom stereocenters. The lowest BCUT2D eigenvalue weighted by Gasteiger charge is -2.32. The number of halogens is 1. The van der Waals surface area contributed by atoms with Crippen molar-refractivity contribution >= 4 is 21.7 Å². The average molecular weight is 351 g/mol. The first kappa shape index (κ1) is 14.5. The van der Waals surface area contributed by atoms with Crippen molar-refractivity contribution in [3.8, 4) is 0 Å². The maximum absolute atomic E-state index is 5.59. The van der Waals surface area contributed by atoms with Crippen molar-refractivity contribution in [2.45, 2.75) is 32.4 Å². The largest absolute Gasteiger partial charge is 0.453 e. The molecule has 1 fully saturated rings. The number of nitrogens with one attached hydrogen (secondary N) is 1. The van der Waals surface area contributed by atoms with E-state index in [1.165, 1.54) is 12.8 Å². The van der Waals surface area contributed by atoms with Crippen LogP contribution in [0.25, 0.3) is 0 Å². The number of hydrogen-bond donors (Lipinski definition) is 1. The molecule has 0 radical (unpaired) electrons. The van der Waals surface area contributed by atoms with E-state index >= 15 is 0 Å². The summed E-state index contributed by atoms with van der Waals surface area (Å²) in [7, 11) is 0. The van der Waals surface area contributed by atoms with Gasteiger partial charge in [-0.15, -0.1) is 0 Å². The fraction of sp³-hybridized carbons (Fsp3) is 0.467. The number of piperidine rings is 1. The molecule has 2 aromatic heterocycles. The summed E-state index contributed by atoms with van der Waals surface area (Å²) in [5.74, 6) is 1.91. The zero-order chi connectivity index (χ0) is 14.7. The summed E-state index contributed by atoms with van der Waals surface area (Å²) in [4.78, 5) is 10.8. The van der Waals surface area contributed by atoms with E-state index in [1.54, 1.807) is 6.33 Å². The Kier molecular flexibility index (Phi) is 4.55. The molecule has 0 spiro atoms. The second-order valence-corrected chi connectivity index (χ2v) is 6.25. The van der Waals surface area contributed by atoms with Crippen LogP contribution in [0.5, 0.6) is 0 Å². The third-order valence-corrected chi connectivity index (χ3v) is 4.10. The van der Waals surface area contributed by atoms with Crippen LogP contribution in [0.4, 0.5) is 5.82 Å². The second-order valence-electron chi connectivity index (χ2n) is 5.47. The van der Waals surface area contributed by atoms with Crippen LogP contribution < -0.4 is 5.32 Å². The zero-order valence-corrected chi connectivity index (χ0v) is 13.6. The normalized spacial score (nSPS) is 19.6. The van der Waals surface area contributed by atoms with Crippen LogP contribution in [-0.4, -0.2) is 34.0 Å². The Bertz CT molecular complexity index is 601. The molecule has 1 saturated heterocycles. The molecule has 21 heavy (non-hydrogen) atoms. The van der Waals surface area contributed by atoms with Crippen molar-refractivity contribution in [3.05, 3.63) is 40.7 Å². The molecule has 3 rings (SSSR count). The highest BCUT2D eigenvalue weighted by Crippen LogP contribution is 2.19. The van der Waals surface area contributed by atoms with Crippen LogP contribution in [0.3, 0.4) is 0 Å². The fourth-order valence-electron chi connectivity index (χ4n) is 2.72. The van der Waals surface area contributed by atoms with Gasteiger partial charge in [-0.25, -0.2) is 9.97 Å². The standard InChI is InChI=1S/C15H19BrN4O/c1-11-7-15(18-10-17-11)19-12-3-2-6-20(8-12)9-13-4-5-14(16)21-13/h4-5,7,10,12H,2-3,6,8-9H2,1H3,(H,17,18,19). The maximum atomic E-state index is 5.59. The lowest BCUT2D eigenvalue weighted by Crippen LogP contribution is -2.41. The van der Waals surface area contributed by atoms with Crippen molar-refractivity contribution in [2.75, 3.05) is 18.4 Å². The van der Waals surface area contributed by atoms with Crippen LogP contribution >= 0.6 is 15.9 Å². The Morgan fingerprint density at radius 3 is 3.10 bits per heavy atom. The van der Waals surface area contributed by atoms with Gasteiger partial charge in [0.05, 0.1) is 6.54 Å². The highest BCUT2D eigenvalue weighted by atomic mass is 79.9. The van der Waals surface area contributed by atoms with Crippen molar-refractivity contribution in [3.63, 3.8) is 0 Å². The first-order chi connectivity index (χ1) is 10.2. The highest BCUT2D eigenvalue weighted by molar-refractivity contribution is 9.10. The van der Waals surface area contributed by atoms with E-state index in [9.17, 15) is 0 Å². The molecule has 112 valence electrons. The van der Waals surface area contributed by atoms with E-state index in [0.717, 1.165) is 41.6 Å². The number of hydrogen-bond acceptors (Lipinski definition) is 5. The summed E-state index contributed by atoms with van der Waals surface area (Å²) >= 11 is 3.35. The average Bonchev–Trinajstić information content (AvgIpc) is 2.84. The summed E-state index contributed by atoms with van der Waals surface area (Å²) in [6.07, 6.45) is 3.96. The topological polar surface area (TPSA) is 54.2 Å². The molecule has 2 aromatic rings. The molecule has 3 heterocycles. The molecule has 6 heteroatoms. The van der Waals surface area contributed by atoms with Gasteiger partial charge < -0.3 is 9.73 Å². The molecule has 1 N–H and O–H groups in total. The smallest absolute Gasteiger partial charge is 0.169 e. The van der Waals surface area contributed by atoms with Crippen molar-refractivity contribution in [1.29, 1.82) is 0 Å². The molecule has 0 saturated carbocycles. The van der Waals surface area contributed by atoms with Gasteiger partial charge in [-0.2, -0.15) is 0 Å². The molecule has 5 nitrogen and oxygen atoms in total. The van der Waals surface area contributed by atoms with E-state index in [-0.39, 0.29) is 0 Å². The maximum Gasteiger partial charge on any atom is 0.169 e. The second kappa shape index (κ2) is 6.58. The third kappa shape index (κ3) is 4.04. The SMILES string of the molecule is Cc1cc(NC2CCCN(Cc3ccc(Br)o3)C2)ncn1. The summed E-state index contributed by atoms with van der Waals surface area (Å²) in [5.41, 5.74) is 0.987. The number of aromatic nitrogens is 2. The lowest BCUT2D eigenvalue weighted by molar-refractivity contribution is 0.193. The Morgan fingerprint density at radius 2 is 2.33 bits per heavy atom. The fourth-order valence-corrected chi connectivity index (χ4v) is 3.06. The summed E-state index contributed by atoms with van der Waals surface area (Å²) in [6.45, 7) is 4.95. The van der Waals surface area contributed by atoms with Crippen LogP contribution in [0.2, 0.25) is 0 Å². The number of anilines is 1. The van der Waals surface area contributed by atoms with Crippen LogP contribution in [0, 0.1) is 6.92 Å². The van der Waals surface area contributed by atoms with Gasteiger partial charge >= 0.3 is 0 Å². The van der Waals surface area contributed by atoms with Crippen LogP contribution in [0.15, 0.2) is 33.6 Å². The van der Waals surface area contributed by atoms with Gasteiger partial charge in [0, 0.05) is 24.3 Å². The molecule has 0 aromatic carbocycles. The first-order valence-electron chi connectivity index (χ1n) is 7.21. The van der Waals surface area contributed by atoms with Gasteiger partial charge in [-0.05, 0) is 54.4 Å². The third-order valence-electron chi connectivity index (χ3n) is 3.67. The monoisotopic (exact) mass is 350 g/mol. The Balaban J connectivity index is 1.58. The van der Waals surface area contributed by atoms with Gasteiger partial charge in [-0.1, -0.05) is 0 Å². The van der Waals surface area contributed by atoms with Crippen molar-refractivity contribution in [2.24, 2.45) is 0 Å². The van der Waals surface area contributed by atoms with E-state index in [0.29, 0.717) is 6.04 Å². The Hall–Kier alpha value is -1.40. The number of nitrogens with zero attached hydrogens (tertiary/aromatic N) is 3. The predicted octanol–water partition coefficient (Wildman–Crippen LogP) is 3.22. The van der Waals surface area contributed by atoms with Crippen molar-refractivity contribution < 1.29 is 4.42 Å². The van der Waals surface area contributed by atoms with Gasteiger partial charge in [0.1, 0.15) is 17.9 Å². The summed E-state index contributed by atoms with van der Waals surface area (Å²) < 4.78 is 6.38. The minimum absolute atomic E-state index is 0.423. The molecular formula is C15H19BrN4O. The van der Waals surface area contributed by atoms with E-state index in [2.05, 4.69) is 36.1 Å². The van der Waals surface area contributed by atoms with Gasteiger partial charge in [0.2, 0.25) is 0 Å². The summed E-state index contributed by atoms with van der Waals surface area (Å²) in [6, 6.07) is 6.38. The first-order valence-corrected chi connectivity index (χ1v) is 8.00. The van der Waals surface area contributed by atoms with Crippen LogP contribution in [0.1, 0.15) is 24.3 Å². The predicted molar refractivity (Wildman–Crippen MR) is 85.1 cm³/mol. The number of likely N-dealkylation sites (tertiary alicyclic amines) is 1. The van der Waals surface area contributed by atoms with Gasteiger partial charge in [-0.3, -0.25) is 4.90 Å². The molecular weight excluding hydrogens is 332 g/mol.